The van der Waals surface area contributed by atoms with Gasteiger partial charge in [0.2, 0.25) is 5.91 Å². The van der Waals surface area contributed by atoms with Gasteiger partial charge in [-0.25, -0.2) is 4.68 Å². The van der Waals surface area contributed by atoms with Crippen molar-refractivity contribution in [2.24, 2.45) is 5.41 Å². The summed E-state index contributed by atoms with van der Waals surface area (Å²) in [6, 6.07) is 9.61. The molecule has 0 saturated carbocycles. The van der Waals surface area contributed by atoms with Gasteiger partial charge in [-0.1, -0.05) is 23.4 Å². The molecule has 0 unspecified atom stereocenters. The molecular formula is C16H18N4O2. The Morgan fingerprint density at radius 3 is 2.41 bits per heavy atom. The summed E-state index contributed by atoms with van der Waals surface area (Å²) in [5, 5.41) is 11.0. The van der Waals surface area contributed by atoms with Gasteiger partial charge in [-0.3, -0.25) is 9.59 Å². The van der Waals surface area contributed by atoms with Gasteiger partial charge in [0, 0.05) is 6.42 Å². The molecule has 1 aliphatic heterocycles. The molecule has 1 aromatic carbocycles. The van der Waals surface area contributed by atoms with Gasteiger partial charge in [0.25, 0.3) is 0 Å². The van der Waals surface area contributed by atoms with E-state index in [9.17, 15) is 9.59 Å². The summed E-state index contributed by atoms with van der Waals surface area (Å²) in [4.78, 5) is 24.5. The largest absolute Gasteiger partial charge is 0.343 e. The SMILES string of the molecule is CC1(C)C(=O)N[C@](C)(Cc2cn(-c3ccccc3)nn2)C1=O. The molecule has 1 atom stereocenters. The highest BCUT2D eigenvalue weighted by Crippen LogP contribution is 2.33. The van der Waals surface area contributed by atoms with Gasteiger partial charge in [0.15, 0.2) is 5.78 Å². The normalized spacial score (nSPS) is 23.6. The van der Waals surface area contributed by atoms with E-state index in [-0.39, 0.29) is 11.7 Å². The minimum atomic E-state index is -0.996. The first-order valence-electron chi connectivity index (χ1n) is 7.17. The Labute approximate surface area is 128 Å². The Bertz CT molecular complexity index is 736. The van der Waals surface area contributed by atoms with Crippen LogP contribution < -0.4 is 5.32 Å². The van der Waals surface area contributed by atoms with Gasteiger partial charge in [-0.15, -0.1) is 5.10 Å². The number of benzene rings is 1. The van der Waals surface area contributed by atoms with E-state index in [0.717, 1.165) is 5.69 Å². The van der Waals surface area contributed by atoms with Crippen molar-refractivity contribution in [1.82, 2.24) is 20.3 Å². The van der Waals surface area contributed by atoms with E-state index < -0.39 is 11.0 Å². The molecule has 114 valence electrons. The van der Waals surface area contributed by atoms with Crippen molar-refractivity contribution in [1.29, 1.82) is 0 Å². The number of nitrogens with one attached hydrogen (secondary N) is 1. The zero-order valence-electron chi connectivity index (χ0n) is 12.8. The van der Waals surface area contributed by atoms with Gasteiger partial charge in [0.1, 0.15) is 11.0 Å². The highest BCUT2D eigenvalue weighted by atomic mass is 16.2. The summed E-state index contributed by atoms with van der Waals surface area (Å²) in [5.74, 6) is -0.352. The quantitative estimate of drug-likeness (QED) is 0.866. The fourth-order valence-electron chi connectivity index (χ4n) is 2.83. The van der Waals surface area contributed by atoms with Crippen LogP contribution in [0, 0.1) is 5.41 Å². The van der Waals surface area contributed by atoms with Crippen LogP contribution in [0.15, 0.2) is 36.5 Å². The fourth-order valence-corrected chi connectivity index (χ4v) is 2.83. The van der Waals surface area contributed by atoms with Crippen molar-refractivity contribution in [2.75, 3.05) is 0 Å². The smallest absolute Gasteiger partial charge is 0.234 e. The summed E-state index contributed by atoms with van der Waals surface area (Å²) in [6.45, 7) is 5.04. The van der Waals surface area contributed by atoms with Crippen molar-refractivity contribution >= 4 is 11.7 Å². The molecule has 0 spiro atoms. The van der Waals surface area contributed by atoms with E-state index in [1.807, 2.05) is 30.3 Å². The van der Waals surface area contributed by atoms with Crippen LogP contribution >= 0.6 is 0 Å². The minimum Gasteiger partial charge on any atom is -0.343 e. The third-order valence-electron chi connectivity index (χ3n) is 4.12. The number of carbonyl (C=O) groups excluding carboxylic acids is 2. The Kier molecular flexibility index (Phi) is 3.12. The number of hydrogen-bond donors (Lipinski definition) is 1. The molecule has 1 N–H and O–H groups in total. The minimum absolute atomic E-state index is 0.112. The van der Waals surface area contributed by atoms with Crippen LogP contribution in [0.2, 0.25) is 0 Å². The highest BCUT2D eigenvalue weighted by Gasteiger charge is 2.54. The molecule has 1 fully saturated rings. The Hall–Kier alpha value is -2.50. The number of hydrogen-bond acceptors (Lipinski definition) is 4. The van der Waals surface area contributed by atoms with Gasteiger partial charge in [0.05, 0.1) is 17.6 Å². The first-order chi connectivity index (χ1) is 10.3. The average molecular weight is 298 g/mol. The first-order valence-corrected chi connectivity index (χ1v) is 7.17. The van der Waals surface area contributed by atoms with Gasteiger partial charge in [-0.2, -0.15) is 0 Å². The Morgan fingerprint density at radius 1 is 1.14 bits per heavy atom. The van der Waals surface area contributed by atoms with E-state index >= 15 is 0 Å². The summed E-state index contributed by atoms with van der Waals surface area (Å²) in [6.07, 6.45) is 2.11. The predicted octanol–water partition coefficient (Wildman–Crippen LogP) is 1.29. The molecule has 1 aliphatic rings. The average Bonchev–Trinajstić information content (AvgIpc) is 3.00. The number of nitrogens with zero attached hydrogens (tertiary/aromatic N) is 3. The van der Waals surface area contributed by atoms with E-state index in [1.165, 1.54) is 0 Å². The van der Waals surface area contributed by atoms with Crippen molar-refractivity contribution in [2.45, 2.75) is 32.7 Å². The lowest BCUT2D eigenvalue weighted by Crippen LogP contribution is -2.46. The van der Waals surface area contributed by atoms with Gasteiger partial charge >= 0.3 is 0 Å². The number of amides is 1. The molecule has 2 aromatic rings. The second kappa shape index (κ2) is 4.76. The molecule has 1 amide bonds. The molecule has 0 aliphatic carbocycles. The number of Topliss-reactive ketones (excluding diaryl/α,β-unsaturated/α-hetero) is 1. The zero-order chi connectivity index (χ0) is 16.0. The molecule has 0 radical (unpaired) electrons. The molecule has 1 saturated heterocycles. The molecule has 22 heavy (non-hydrogen) atoms. The van der Waals surface area contributed by atoms with E-state index in [0.29, 0.717) is 12.1 Å². The van der Waals surface area contributed by atoms with Crippen LogP contribution in [0.5, 0.6) is 0 Å². The van der Waals surface area contributed by atoms with Gasteiger partial charge < -0.3 is 5.32 Å². The predicted molar refractivity (Wildman–Crippen MR) is 80.4 cm³/mol. The maximum Gasteiger partial charge on any atom is 0.234 e. The van der Waals surface area contributed by atoms with E-state index in [4.69, 9.17) is 0 Å². The maximum atomic E-state index is 12.5. The number of rotatable bonds is 3. The molecule has 0 bridgehead atoms. The number of carbonyl (C=O) groups is 2. The molecular weight excluding hydrogens is 280 g/mol. The standard InChI is InChI=1S/C16H18N4O2/c1-15(2)13(21)16(3,17-14(15)22)9-11-10-20(19-18-11)12-7-5-4-6-8-12/h4-8,10H,9H2,1-3H3,(H,17,22)/t16-/m1/s1. The third-order valence-corrected chi connectivity index (χ3v) is 4.12. The van der Waals surface area contributed by atoms with Crippen molar-refractivity contribution < 1.29 is 9.59 Å². The first kappa shape index (κ1) is 14.4. The lowest BCUT2D eigenvalue weighted by molar-refractivity contribution is -0.134. The second-order valence-electron chi connectivity index (χ2n) is 6.41. The van der Waals surface area contributed by atoms with Crippen LogP contribution in [-0.4, -0.2) is 32.2 Å². The third kappa shape index (κ3) is 2.20. The Morgan fingerprint density at radius 2 is 1.82 bits per heavy atom. The van der Waals surface area contributed by atoms with E-state index in [1.54, 1.807) is 31.6 Å². The highest BCUT2D eigenvalue weighted by molar-refractivity contribution is 6.16. The Balaban J connectivity index is 1.84. The summed E-state index contributed by atoms with van der Waals surface area (Å²) in [5.41, 5.74) is -0.367. The summed E-state index contributed by atoms with van der Waals surface area (Å²) >= 11 is 0. The van der Waals surface area contributed by atoms with Crippen LogP contribution in [0.25, 0.3) is 5.69 Å². The number of para-hydroxylation sites is 1. The molecule has 6 heteroatoms. The lowest BCUT2D eigenvalue weighted by Gasteiger charge is -2.22. The van der Waals surface area contributed by atoms with E-state index in [2.05, 4.69) is 15.6 Å². The summed E-state index contributed by atoms with van der Waals surface area (Å²) in [7, 11) is 0. The maximum absolute atomic E-state index is 12.5. The molecule has 3 rings (SSSR count). The zero-order valence-corrected chi connectivity index (χ0v) is 12.8. The molecule has 6 nitrogen and oxygen atoms in total. The summed E-state index contributed by atoms with van der Waals surface area (Å²) < 4.78 is 1.66. The van der Waals surface area contributed by atoms with Crippen molar-refractivity contribution in [3.8, 4) is 5.69 Å². The molecule has 1 aromatic heterocycles. The van der Waals surface area contributed by atoms with Crippen LogP contribution in [0.1, 0.15) is 26.5 Å². The van der Waals surface area contributed by atoms with Crippen LogP contribution in [0.3, 0.4) is 0 Å². The fraction of sp³-hybridized carbons (Fsp3) is 0.375. The lowest BCUT2D eigenvalue weighted by atomic mass is 9.81. The van der Waals surface area contributed by atoms with Crippen molar-refractivity contribution in [3.63, 3.8) is 0 Å². The van der Waals surface area contributed by atoms with Crippen LogP contribution in [0.4, 0.5) is 0 Å². The second-order valence-corrected chi connectivity index (χ2v) is 6.41. The molecule has 2 heterocycles. The number of aromatic nitrogens is 3. The topological polar surface area (TPSA) is 76.9 Å². The number of ketones is 1. The van der Waals surface area contributed by atoms with Gasteiger partial charge in [-0.05, 0) is 32.9 Å². The van der Waals surface area contributed by atoms with Crippen LogP contribution in [-0.2, 0) is 16.0 Å². The monoisotopic (exact) mass is 298 g/mol. The van der Waals surface area contributed by atoms with Crippen molar-refractivity contribution in [3.05, 3.63) is 42.2 Å².